The Morgan fingerprint density at radius 3 is 1.10 bits per heavy atom. The van der Waals surface area contributed by atoms with Crippen molar-refractivity contribution in [3.63, 3.8) is 0 Å². The maximum atomic E-state index is 3.60. The van der Waals surface area contributed by atoms with Crippen LogP contribution in [0.5, 0.6) is 0 Å². The third kappa shape index (κ3) is 56.4. The van der Waals surface area contributed by atoms with E-state index in [4.69, 9.17) is 0 Å². The van der Waals surface area contributed by atoms with E-state index < -0.39 is 0 Å². The summed E-state index contributed by atoms with van der Waals surface area (Å²) in [5.74, 6) is 0. The fraction of sp³-hybridized carbons (Fsp3) is 0.750. The SMILES string of the molecule is [Ag][I].[CH2-]CCC.[CH2-]CCC. The van der Waals surface area contributed by atoms with Crippen molar-refractivity contribution in [1.82, 2.24) is 0 Å². The van der Waals surface area contributed by atoms with Gasteiger partial charge in [0.15, 0.2) is 0 Å². The van der Waals surface area contributed by atoms with Gasteiger partial charge in [-0.1, -0.05) is 26.7 Å². The molecule has 0 radical (unpaired) electrons. The number of rotatable bonds is 2. The molecular weight excluding hydrogens is 331 g/mol. The van der Waals surface area contributed by atoms with Crippen LogP contribution in [0.25, 0.3) is 0 Å². The van der Waals surface area contributed by atoms with Gasteiger partial charge in [0.25, 0.3) is 0 Å². The molecule has 0 aromatic carbocycles. The van der Waals surface area contributed by atoms with Gasteiger partial charge in [0.1, 0.15) is 0 Å². The minimum absolute atomic E-state index is 1.07. The summed E-state index contributed by atoms with van der Waals surface area (Å²) in [7, 11) is 0. The molecule has 0 aromatic heterocycles. The van der Waals surface area contributed by atoms with Gasteiger partial charge in [-0.15, -0.1) is 0 Å². The zero-order valence-electron chi connectivity index (χ0n) is 6.92. The Labute approximate surface area is 89.0 Å². The standard InChI is InChI=1S/2C4H9.Ag.HI/c2*1-3-4-2;;/h2*1,3-4H2,2H3;;1H/q2*-1;+1;/p-1. The minimum atomic E-state index is 1.07. The first kappa shape index (κ1) is 17.5. The quantitative estimate of drug-likeness (QED) is 0.400. The van der Waals surface area contributed by atoms with Gasteiger partial charge in [-0.05, 0) is 0 Å². The van der Waals surface area contributed by atoms with Gasteiger partial charge in [0.05, 0.1) is 0 Å². The molecule has 0 aromatic rings. The molecule has 0 aliphatic rings. The van der Waals surface area contributed by atoms with Crippen molar-refractivity contribution < 1.29 is 17.3 Å². The molecule has 70 valence electrons. The molecule has 0 rings (SSSR count). The van der Waals surface area contributed by atoms with E-state index in [1.807, 2.05) is 19.0 Å². The molecule has 0 bridgehead atoms. The summed E-state index contributed by atoms with van der Waals surface area (Å²) in [4.78, 5) is 0. The molecule has 0 heterocycles. The van der Waals surface area contributed by atoms with Crippen LogP contribution in [0, 0.1) is 13.8 Å². The maximum Gasteiger partial charge on any atom is -0.0678 e. The van der Waals surface area contributed by atoms with Crippen molar-refractivity contribution >= 4 is 19.0 Å². The topological polar surface area (TPSA) is 0 Å². The van der Waals surface area contributed by atoms with Crippen LogP contribution in [-0.4, -0.2) is 0 Å². The van der Waals surface area contributed by atoms with E-state index in [0.717, 1.165) is 12.8 Å². The van der Waals surface area contributed by atoms with Crippen LogP contribution in [0.1, 0.15) is 39.5 Å². The molecule has 0 spiro atoms. The zero-order chi connectivity index (χ0) is 8.83. The van der Waals surface area contributed by atoms with Crippen molar-refractivity contribution in [2.24, 2.45) is 0 Å². The fourth-order valence-electron chi connectivity index (χ4n) is 0. The Morgan fingerprint density at radius 1 is 1.00 bits per heavy atom. The molecule has 0 atom stereocenters. The van der Waals surface area contributed by atoms with Crippen molar-refractivity contribution in [3.8, 4) is 0 Å². The Hall–Kier alpha value is 1.47. The first-order chi connectivity index (χ1) is 4.83. The monoisotopic (exact) mass is 348 g/mol. The second kappa shape index (κ2) is 31.4. The fourth-order valence-corrected chi connectivity index (χ4v) is 0. The number of halogens is 1. The molecule has 10 heavy (non-hydrogen) atoms. The van der Waals surface area contributed by atoms with Gasteiger partial charge in [0, 0.05) is 0 Å². The molecule has 0 nitrogen and oxygen atoms in total. The largest absolute Gasteiger partial charge is 0.343 e. The molecule has 2 heteroatoms. The van der Waals surface area contributed by atoms with Gasteiger partial charge in [-0.25, -0.2) is 0 Å². The van der Waals surface area contributed by atoms with Gasteiger partial charge in [-0.2, -0.15) is 12.8 Å². The predicted molar refractivity (Wildman–Crippen MR) is 54.6 cm³/mol. The summed E-state index contributed by atoms with van der Waals surface area (Å²) in [5, 5.41) is 0. The van der Waals surface area contributed by atoms with Crippen LogP contribution < -0.4 is 0 Å². The Kier molecular flexibility index (Phi) is 55.0. The summed E-state index contributed by atoms with van der Waals surface area (Å²) >= 11 is 4.88. The number of hydrogen-bond donors (Lipinski definition) is 0. The van der Waals surface area contributed by atoms with Crippen molar-refractivity contribution in [2.75, 3.05) is 0 Å². The minimum Gasteiger partial charge on any atom is -0.343 e. The molecule has 0 fully saturated rings. The molecule has 0 saturated carbocycles. The smallest absolute Gasteiger partial charge is 0.0678 e. The summed E-state index contributed by atoms with van der Waals surface area (Å²) in [5.41, 5.74) is 0. The van der Waals surface area contributed by atoms with Gasteiger partial charge >= 0.3 is 36.3 Å². The molecule has 0 amide bonds. The van der Waals surface area contributed by atoms with Crippen LogP contribution >= 0.6 is 19.0 Å². The third-order valence-electron chi connectivity index (χ3n) is 0.707. The molecule has 0 aliphatic carbocycles. The maximum absolute atomic E-state index is 3.60. The van der Waals surface area contributed by atoms with E-state index in [9.17, 15) is 0 Å². The molecular formula is C8H18AgI-2. The van der Waals surface area contributed by atoms with Crippen molar-refractivity contribution in [1.29, 1.82) is 0 Å². The van der Waals surface area contributed by atoms with Crippen LogP contribution in [0.2, 0.25) is 0 Å². The van der Waals surface area contributed by atoms with Crippen molar-refractivity contribution in [3.05, 3.63) is 13.8 Å². The van der Waals surface area contributed by atoms with Gasteiger partial charge in [0.2, 0.25) is 0 Å². The summed E-state index contributed by atoms with van der Waals surface area (Å²) in [6, 6.07) is 0. The van der Waals surface area contributed by atoms with Crippen LogP contribution in [0.3, 0.4) is 0 Å². The van der Waals surface area contributed by atoms with Crippen LogP contribution in [0.15, 0.2) is 0 Å². The van der Waals surface area contributed by atoms with E-state index >= 15 is 0 Å². The Balaban J connectivity index is -0.0000000787. The average molecular weight is 349 g/mol. The Bertz CT molecular complexity index is 17.2. The molecule has 0 unspecified atom stereocenters. The van der Waals surface area contributed by atoms with Gasteiger partial charge in [-0.3, -0.25) is 0 Å². The van der Waals surface area contributed by atoms with Crippen LogP contribution in [-0.2, 0) is 17.3 Å². The van der Waals surface area contributed by atoms with Crippen LogP contribution in [0.4, 0.5) is 0 Å². The zero-order valence-corrected chi connectivity index (χ0v) is 10.6. The van der Waals surface area contributed by atoms with Crippen molar-refractivity contribution in [2.45, 2.75) is 39.5 Å². The third-order valence-corrected chi connectivity index (χ3v) is 0.707. The second-order valence-corrected chi connectivity index (χ2v) is 1.71. The first-order valence-electron chi connectivity index (χ1n) is 3.53. The van der Waals surface area contributed by atoms with E-state index in [0.29, 0.717) is 0 Å². The molecule has 0 N–H and O–H groups in total. The van der Waals surface area contributed by atoms with E-state index in [2.05, 4.69) is 44.9 Å². The molecule has 0 saturated heterocycles. The summed E-state index contributed by atoms with van der Waals surface area (Å²) in [6.45, 7) is 11.4. The average Bonchev–Trinajstić information content (AvgIpc) is 2.08. The second-order valence-electron chi connectivity index (χ2n) is 1.71. The van der Waals surface area contributed by atoms with E-state index in [-0.39, 0.29) is 0 Å². The molecule has 0 aliphatic heterocycles. The normalized spacial score (nSPS) is 6.70. The summed E-state index contributed by atoms with van der Waals surface area (Å²) < 4.78 is 0. The Morgan fingerprint density at radius 2 is 1.10 bits per heavy atom. The first-order valence-corrected chi connectivity index (χ1v) is 7.94. The summed E-state index contributed by atoms with van der Waals surface area (Å²) in [6.07, 6.45) is 4.56. The van der Waals surface area contributed by atoms with E-state index in [1.54, 1.807) is 0 Å². The number of unbranched alkanes of at least 4 members (excludes halogenated alkanes) is 2. The van der Waals surface area contributed by atoms with Gasteiger partial charge < -0.3 is 13.8 Å². The predicted octanol–water partition coefficient (Wildman–Crippen LogP) is 4.12. The van der Waals surface area contributed by atoms with E-state index in [1.165, 1.54) is 12.8 Å². The number of hydrogen-bond acceptors (Lipinski definition) is 0.